The van der Waals surface area contributed by atoms with Crippen LogP contribution in [0.3, 0.4) is 0 Å². The predicted octanol–water partition coefficient (Wildman–Crippen LogP) is 3.50. The molecule has 122 valence electrons. The summed E-state index contributed by atoms with van der Waals surface area (Å²) in [5, 5.41) is 11.4. The molecular weight excluding hydrogens is 357 g/mol. The van der Waals surface area contributed by atoms with Gasteiger partial charge in [0.25, 0.3) is 0 Å². The average molecular weight is 376 g/mol. The number of carbonyl (C=O) groups excluding carboxylic acids is 1. The van der Waals surface area contributed by atoms with Crippen molar-refractivity contribution < 1.29 is 23.8 Å². The lowest BCUT2D eigenvalue weighted by atomic mass is 10.0. The first kappa shape index (κ1) is 18.4. The molecule has 0 aromatic heterocycles. The first-order valence-electron chi connectivity index (χ1n) is 6.75. The number of halogens is 2. The van der Waals surface area contributed by atoms with E-state index in [2.05, 4.69) is 21.2 Å². The Morgan fingerprint density at radius 3 is 2.55 bits per heavy atom. The Hall–Kier alpha value is -1.63. The zero-order valence-corrected chi connectivity index (χ0v) is 14.2. The summed E-state index contributed by atoms with van der Waals surface area (Å²) in [4.78, 5) is 22.8. The van der Waals surface area contributed by atoms with Gasteiger partial charge in [0.15, 0.2) is 0 Å². The molecule has 0 saturated heterocycles. The lowest BCUT2D eigenvalue weighted by molar-refractivity contribution is -0.139. The monoisotopic (exact) mass is 375 g/mol. The van der Waals surface area contributed by atoms with Crippen molar-refractivity contribution in [3.05, 3.63) is 34.1 Å². The number of nitrogens with one attached hydrogen (secondary N) is 1. The van der Waals surface area contributed by atoms with E-state index in [-0.39, 0.29) is 12.8 Å². The number of hydrogen-bond acceptors (Lipinski definition) is 3. The molecule has 0 aliphatic rings. The standard InChI is InChI=1S/C15H19BrFNO4/c1-15(2,3)22-14(21)18-12(13(19)20)7-5-9-4-6-10(16)8-11(9)17/h4,6,8,12H,5,7H2,1-3H3,(H,18,21)(H,19,20). The summed E-state index contributed by atoms with van der Waals surface area (Å²) in [5.74, 6) is -1.61. The molecule has 0 fully saturated rings. The molecule has 1 rings (SSSR count). The molecule has 22 heavy (non-hydrogen) atoms. The Morgan fingerprint density at radius 1 is 1.41 bits per heavy atom. The number of aryl methyl sites for hydroxylation is 1. The van der Waals surface area contributed by atoms with E-state index < -0.39 is 29.5 Å². The van der Waals surface area contributed by atoms with Gasteiger partial charge in [-0.05, 0) is 51.3 Å². The van der Waals surface area contributed by atoms with Gasteiger partial charge in [-0.25, -0.2) is 14.0 Å². The Bertz CT molecular complexity index is 557. The highest BCUT2D eigenvalue weighted by Crippen LogP contribution is 2.17. The molecule has 0 heterocycles. The molecule has 0 aliphatic carbocycles. The van der Waals surface area contributed by atoms with Crippen LogP contribution < -0.4 is 5.32 Å². The second-order valence-corrected chi connectivity index (χ2v) is 6.73. The van der Waals surface area contributed by atoms with Crippen LogP contribution in [0.5, 0.6) is 0 Å². The number of carbonyl (C=O) groups is 2. The van der Waals surface area contributed by atoms with E-state index in [0.717, 1.165) is 0 Å². The zero-order chi connectivity index (χ0) is 16.9. The predicted molar refractivity (Wildman–Crippen MR) is 83.2 cm³/mol. The third-order valence-electron chi connectivity index (χ3n) is 2.71. The van der Waals surface area contributed by atoms with Crippen molar-refractivity contribution in [1.82, 2.24) is 5.32 Å². The van der Waals surface area contributed by atoms with Crippen molar-refractivity contribution in [1.29, 1.82) is 0 Å². The average Bonchev–Trinajstić information content (AvgIpc) is 2.33. The highest BCUT2D eigenvalue weighted by Gasteiger charge is 2.24. The highest BCUT2D eigenvalue weighted by atomic mass is 79.9. The molecule has 1 atom stereocenters. The molecule has 1 aromatic rings. The minimum atomic E-state index is -1.19. The molecule has 0 aliphatic heterocycles. The first-order valence-corrected chi connectivity index (χ1v) is 7.54. The van der Waals surface area contributed by atoms with Gasteiger partial charge in [-0.1, -0.05) is 22.0 Å². The van der Waals surface area contributed by atoms with Gasteiger partial charge in [0.2, 0.25) is 0 Å². The van der Waals surface area contributed by atoms with Crippen molar-refractivity contribution in [3.8, 4) is 0 Å². The van der Waals surface area contributed by atoms with Gasteiger partial charge in [-0.3, -0.25) is 0 Å². The summed E-state index contributed by atoms with van der Waals surface area (Å²) in [5.41, 5.74) is -0.328. The fourth-order valence-electron chi connectivity index (χ4n) is 1.73. The Balaban J connectivity index is 2.65. The lowest BCUT2D eigenvalue weighted by Gasteiger charge is -2.22. The van der Waals surface area contributed by atoms with Gasteiger partial charge in [0.1, 0.15) is 17.5 Å². The quantitative estimate of drug-likeness (QED) is 0.825. The number of ether oxygens (including phenoxy) is 1. The molecule has 1 amide bonds. The second-order valence-electron chi connectivity index (χ2n) is 5.81. The van der Waals surface area contributed by atoms with Crippen molar-refractivity contribution in [3.63, 3.8) is 0 Å². The summed E-state index contributed by atoms with van der Waals surface area (Å²) in [6.07, 6.45) is -0.560. The SMILES string of the molecule is CC(C)(C)OC(=O)NC(CCc1ccc(Br)cc1F)C(=O)O. The molecule has 0 bridgehead atoms. The summed E-state index contributed by atoms with van der Waals surface area (Å²) in [6.45, 7) is 5.04. The molecule has 1 aromatic carbocycles. The van der Waals surface area contributed by atoms with Crippen molar-refractivity contribution in [2.75, 3.05) is 0 Å². The highest BCUT2D eigenvalue weighted by molar-refractivity contribution is 9.10. The van der Waals surface area contributed by atoms with Crippen LogP contribution in [-0.4, -0.2) is 28.8 Å². The molecule has 1 unspecified atom stereocenters. The molecule has 5 nitrogen and oxygen atoms in total. The normalized spacial score (nSPS) is 12.6. The molecule has 0 saturated carbocycles. The third kappa shape index (κ3) is 6.43. The number of amides is 1. The number of hydrogen-bond donors (Lipinski definition) is 2. The maximum absolute atomic E-state index is 13.7. The van der Waals surface area contributed by atoms with Crippen LogP contribution in [0.4, 0.5) is 9.18 Å². The van der Waals surface area contributed by atoms with Gasteiger partial charge < -0.3 is 15.2 Å². The number of rotatable bonds is 5. The van der Waals surface area contributed by atoms with Crippen LogP contribution in [0.25, 0.3) is 0 Å². The minimum Gasteiger partial charge on any atom is -0.480 e. The Labute approximate surface area is 137 Å². The number of carboxylic acids is 1. The van der Waals surface area contributed by atoms with Crippen LogP contribution >= 0.6 is 15.9 Å². The third-order valence-corrected chi connectivity index (χ3v) is 3.20. The Morgan fingerprint density at radius 2 is 2.05 bits per heavy atom. The molecule has 2 N–H and O–H groups in total. The summed E-state index contributed by atoms with van der Waals surface area (Å²) in [7, 11) is 0. The van der Waals surface area contributed by atoms with Crippen molar-refractivity contribution in [2.45, 2.75) is 45.3 Å². The van der Waals surface area contributed by atoms with Gasteiger partial charge in [-0.2, -0.15) is 0 Å². The maximum atomic E-state index is 13.7. The van der Waals surface area contributed by atoms with Crippen molar-refractivity contribution in [2.24, 2.45) is 0 Å². The number of carboxylic acid groups (broad SMARTS) is 1. The van der Waals surface area contributed by atoms with Gasteiger partial charge >= 0.3 is 12.1 Å². The van der Waals surface area contributed by atoms with E-state index in [4.69, 9.17) is 9.84 Å². The van der Waals surface area contributed by atoms with E-state index in [1.54, 1.807) is 32.9 Å². The maximum Gasteiger partial charge on any atom is 0.408 e. The van der Waals surface area contributed by atoms with Crippen LogP contribution in [0, 0.1) is 5.82 Å². The van der Waals surface area contributed by atoms with E-state index in [1.807, 2.05) is 0 Å². The van der Waals surface area contributed by atoms with Gasteiger partial charge in [-0.15, -0.1) is 0 Å². The second kappa shape index (κ2) is 7.58. The first-order chi connectivity index (χ1) is 10.1. The van der Waals surface area contributed by atoms with Crippen LogP contribution in [0.2, 0.25) is 0 Å². The fraction of sp³-hybridized carbons (Fsp3) is 0.467. The number of alkyl carbamates (subject to hydrolysis) is 1. The summed E-state index contributed by atoms with van der Waals surface area (Å²) < 4.78 is 19.3. The Kier molecular flexibility index (Phi) is 6.34. The smallest absolute Gasteiger partial charge is 0.408 e. The number of benzene rings is 1. The number of aliphatic carboxylic acids is 1. The van der Waals surface area contributed by atoms with Gasteiger partial charge in [0.05, 0.1) is 0 Å². The largest absolute Gasteiger partial charge is 0.480 e. The van der Waals surface area contributed by atoms with Crippen LogP contribution in [0.15, 0.2) is 22.7 Å². The van der Waals surface area contributed by atoms with Gasteiger partial charge in [0, 0.05) is 4.47 Å². The van der Waals surface area contributed by atoms with E-state index in [1.165, 1.54) is 6.07 Å². The molecule has 0 radical (unpaired) electrons. The summed E-state index contributed by atoms with van der Waals surface area (Å²) >= 11 is 3.15. The van der Waals surface area contributed by atoms with Crippen LogP contribution in [-0.2, 0) is 16.0 Å². The molecular formula is C15H19BrFNO4. The van der Waals surface area contributed by atoms with E-state index in [9.17, 15) is 14.0 Å². The van der Waals surface area contributed by atoms with Crippen LogP contribution in [0.1, 0.15) is 32.8 Å². The summed E-state index contributed by atoms with van der Waals surface area (Å²) in [6, 6.07) is 3.42. The lowest BCUT2D eigenvalue weighted by Crippen LogP contribution is -2.43. The molecule has 7 heteroatoms. The minimum absolute atomic E-state index is 0.0626. The molecule has 0 spiro atoms. The van der Waals surface area contributed by atoms with E-state index >= 15 is 0 Å². The van der Waals surface area contributed by atoms with Crippen molar-refractivity contribution >= 4 is 28.0 Å². The topological polar surface area (TPSA) is 75.6 Å². The van der Waals surface area contributed by atoms with E-state index in [0.29, 0.717) is 10.0 Å². The zero-order valence-electron chi connectivity index (χ0n) is 12.7. The fourth-order valence-corrected chi connectivity index (χ4v) is 2.06.